The Morgan fingerprint density at radius 3 is 2.48 bits per heavy atom. The molecular weight excluding hydrogens is 317 g/mol. The number of hydrogen-bond acceptors (Lipinski definition) is 3. The number of nitrogens with zero attached hydrogens (tertiary/aromatic N) is 2. The second-order valence-electron chi connectivity index (χ2n) is 7.88. The predicted octanol–water partition coefficient (Wildman–Crippen LogP) is 2.50. The first-order valence-corrected chi connectivity index (χ1v) is 9.69. The third-order valence-corrected chi connectivity index (χ3v) is 6.37. The number of carbonyl (C=O) groups is 1. The van der Waals surface area contributed by atoms with Crippen LogP contribution in [0.5, 0.6) is 0 Å². The first-order chi connectivity index (χ1) is 12.2. The van der Waals surface area contributed by atoms with Gasteiger partial charge < -0.3 is 10.2 Å². The predicted molar refractivity (Wildman–Crippen MR) is 97.0 cm³/mol. The van der Waals surface area contributed by atoms with Gasteiger partial charge in [-0.2, -0.15) is 0 Å². The van der Waals surface area contributed by atoms with E-state index in [1.54, 1.807) is 0 Å². The summed E-state index contributed by atoms with van der Waals surface area (Å²) in [5, 5.41) is 3.17. The molecule has 3 unspecified atom stereocenters. The van der Waals surface area contributed by atoms with Gasteiger partial charge in [0, 0.05) is 50.9 Å². The van der Waals surface area contributed by atoms with Crippen LogP contribution in [0.2, 0.25) is 0 Å². The number of nitrogens with one attached hydrogen (secondary N) is 1. The van der Waals surface area contributed by atoms with Gasteiger partial charge in [-0.05, 0) is 55.4 Å². The van der Waals surface area contributed by atoms with E-state index in [0.717, 1.165) is 57.3 Å². The number of carbonyl (C=O) groups excluding carboxylic acids is 1. The molecule has 3 fully saturated rings. The minimum Gasteiger partial charge on any atom is -0.369 e. The van der Waals surface area contributed by atoms with Crippen molar-refractivity contribution in [2.24, 2.45) is 17.8 Å². The minimum absolute atomic E-state index is 0.186. The highest BCUT2D eigenvalue weighted by atomic mass is 19.1. The Morgan fingerprint density at radius 2 is 1.84 bits per heavy atom. The Kier molecular flexibility index (Phi) is 4.93. The van der Waals surface area contributed by atoms with Crippen molar-refractivity contribution in [2.45, 2.75) is 25.7 Å². The zero-order valence-electron chi connectivity index (χ0n) is 14.8. The van der Waals surface area contributed by atoms with Crippen molar-refractivity contribution < 1.29 is 9.18 Å². The van der Waals surface area contributed by atoms with E-state index in [1.807, 2.05) is 12.1 Å². The van der Waals surface area contributed by atoms with Crippen molar-refractivity contribution in [3.63, 3.8) is 0 Å². The molecule has 0 radical (unpaired) electrons. The van der Waals surface area contributed by atoms with E-state index < -0.39 is 0 Å². The van der Waals surface area contributed by atoms with Crippen LogP contribution in [0, 0.1) is 23.6 Å². The molecule has 2 aliphatic carbocycles. The molecule has 1 aromatic carbocycles. The number of amides is 1. The van der Waals surface area contributed by atoms with Gasteiger partial charge in [0.15, 0.2) is 0 Å². The first kappa shape index (κ1) is 16.8. The first-order valence-electron chi connectivity index (χ1n) is 9.69. The van der Waals surface area contributed by atoms with Gasteiger partial charge in [-0.25, -0.2) is 4.39 Å². The van der Waals surface area contributed by atoms with Gasteiger partial charge >= 0.3 is 0 Å². The summed E-state index contributed by atoms with van der Waals surface area (Å²) >= 11 is 0. The summed E-state index contributed by atoms with van der Waals surface area (Å²) in [6.45, 7) is 5.55. The summed E-state index contributed by atoms with van der Waals surface area (Å²) < 4.78 is 13.0. The lowest BCUT2D eigenvalue weighted by Gasteiger charge is -2.36. The molecule has 3 atom stereocenters. The number of fused-ring (bicyclic) bond motifs is 2. The van der Waals surface area contributed by atoms with Crippen LogP contribution in [0.4, 0.5) is 10.1 Å². The van der Waals surface area contributed by atoms with Crippen molar-refractivity contribution >= 4 is 11.6 Å². The number of hydrogen-bond donors (Lipinski definition) is 1. The second-order valence-corrected chi connectivity index (χ2v) is 7.88. The van der Waals surface area contributed by atoms with Gasteiger partial charge in [-0.15, -0.1) is 0 Å². The smallest absolute Gasteiger partial charge is 0.223 e. The zero-order chi connectivity index (χ0) is 17.2. The van der Waals surface area contributed by atoms with Crippen LogP contribution >= 0.6 is 0 Å². The molecule has 0 spiro atoms. The Morgan fingerprint density at radius 1 is 1.08 bits per heavy atom. The van der Waals surface area contributed by atoms with E-state index in [0.29, 0.717) is 5.92 Å². The van der Waals surface area contributed by atoms with Gasteiger partial charge in [-0.3, -0.25) is 9.69 Å². The molecule has 5 heteroatoms. The Bertz CT molecular complexity index is 597. The van der Waals surface area contributed by atoms with Crippen LogP contribution in [0.3, 0.4) is 0 Å². The van der Waals surface area contributed by atoms with Crippen molar-refractivity contribution in [2.75, 3.05) is 44.2 Å². The monoisotopic (exact) mass is 345 g/mol. The van der Waals surface area contributed by atoms with E-state index in [-0.39, 0.29) is 17.6 Å². The molecule has 136 valence electrons. The lowest BCUT2D eigenvalue weighted by Crippen LogP contribution is -2.49. The maximum Gasteiger partial charge on any atom is 0.223 e. The molecule has 1 aromatic rings. The highest BCUT2D eigenvalue weighted by molar-refractivity contribution is 5.79. The van der Waals surface area contributed by atoms with Gasteiger partial charge in [0.1, 0.15) is 5.82 Å². The molecule has 3 aliphatic rings. The average molecular weight is 345 g/mol. The topological polar surface area (TPSA) is 35.6 Å². The van der Waals surface area contributed by atoms with Crippen molar-refractivity contribution in [1.29, 1.82) is 0 Å². The fraction of sp³-hybridized carbons (Fsp3) is 0.650. The van der Waals surface area contributed by atoms with Crippen LogP contribution in [0.25, 0.3) is 0 Å². The van der Waals surface area contributed by atoms with Crippen molar-refractivity contribution in [1.82, 2.24) is 10.2 Å². The standard InChI is InChI=1S/C20H28FN3O/c21-17-3-5-18(6-4-17)24-11-9-23(10-12-24)8-7-22-20(25)19-14-15-1-2-16(19)13-15/h3-6,15-16,19H,1-2,7-14H2,(H,22,25). The quantitative estimate of drug-likeness (QED) is 0.891. The van der Waals surface area contributed by atoms with Crippen LogP contribution in [0.15, 0.2) is 24.3 Å². The molecule has 2 bridgehead atoms. The second kappa shape index (κ2) is 7.32. The number of rotatable bonds is 5. The third kappa shape index (κ3) is 3.81. The molecule has 1 amide bonds. The minimum atomic E-state index is -0.186. The number of halogens is 1. The van der Waals surface area contributed by atoms with Gasteiger partial charge in [0.25, 0.3) is 0 Å². The van der Waals surface area contributed by atoms with Crippen LogP contribution < -0.4 is 10.2 Å². The molecular formula is C20H28FN3O. The highest BCUT2D eigenvalue weighted by Gasteiger charge is 2.42. The highest BCUT2D eigenvalue weighted by Crippen LogP contribution is 2.48. The van der Waals surface area contributed by atoms with Gasteiger partial charge in [0.05, 0.1) is 0 Å². The molecule has 1 heterocycles. The SMILES string of the molecule is O=C(NCCN1CCN(c2ccc(F)cc2)CC1)C1CC2CCC1C2. The summed E-state index contributed by atoms with van der Waals surface area (Å²) in [4.78, 5) is 17.1. The Hall–Kier alpha value is -1.62. The van der Waals surface area contributed by atoms with E-state index in [4.69, 9.17) is 0 Å². The molecule has 25 heavy (non-hydrogen) atoms. The summed E-state index contributed by atoms with van der Waals surface area (Å²) in [6.07, 6.45) is 5.00. The molecule has 2 saturated carbocycles. The molecule has 4 nitrogen and oxygen atoms in total. The molecule has 1 aliphatic heterocycles. The molecule has 0 aromatic heterocycles. The summed E-state index contributed by atoms with van der Waals surface area (Å²) in [5.74, 6) is 1.87. The lowest BCUT2D eigenvalue weighted by molar-refractivity contribution is -0.126. The summed E-state index contributed by atoms with van der Waals surface area (Å²) in [7, 11) is 0. The molecule has 4 rings (SSSR count). The third-order valence-electron chi connectivity index (χ3n) is 6.37. The fourth-order valence-electron chi connectivity index (χ4n) is 4.92. The normalized spacial score (nSPS) is 29.2. The van der Waals surface area contributed by atoms with Crippen molar-refractivity contribution in [3.05, 3.63) is 30.1 Å². The van der Waals surface area contributed by atoms with E-state index >= 15 is 0 Å². The van der Waals surface area contributed by atoms with E-state index in [2.05, 4.69) is 15.1 Å². The Balaban J connectivity index is 1.17. The molecule has 1 saturated heterocycles. The zero-order valence-corrected chi connectivity index (χ0v) is 14.8. The van der Waals surface area contributed by atoms with Crippen LogP contribution in [-0.4, -0.2) is 50.1 Å². The fourth-order valence-corrected chi connectivity index (χ4v) is 4.92. The van der Waals surface area contributed by atoms with Crippen LogP contribution in [-0.2, 0) is 4.79 Å². The maximum absolute atomic E-state index is 13.0. The number of benzene rings is 1. The largest absolute Gasteiger partial charge is 0.369 e. The van der Waals surface area contributed by atoms with E-state index in [9.17, 15) is 9.18 Å². The average Bonchev–Trinajstić information content (AvgIpc) is 3.26. The maximum atomic E-state index is 13.0. The van der Waals surface area contributed by atoms with E-state index in [1.165, 1.54) is 31.4 Å². The summed E-state index contributed by atoms with van der Waals surface area (Å²) in [6, 6.07) is 6.74. The van der Waals surface area contributed by atoms with Gasteiger partial charge in [-0.1, -0.05) is 6.42 Å². The summed E-state index contributed by atoms with van der Waals surface area (Å²) in [5.41, 5.74) is 1.09. The lowest BCUT2D eigenvalue weighted by atomic mass is 9.88. The van der Waals surface area contributed by atoms with Crippen molar-refractivity contribution in [3.8, 4) is 0 Å². The number of piperazine rings is 1. The molecule has 1 N–H and O–H groups in total. The Labute approximate surface area is 149 Å². The van der Waals surface area contributed by atoms with Gasteiger partial charge in [0.2, 0.25) is 5.91 Å². The van der Waals surface area contributed by atoms with Crippen LogP contribution in [0.1, 0.15) is 25.7 Å². The number of anilines is 1.